The van der Waals surface area contributed by atoms with E-state index in [-0.39, 0.29) is 17.1 Å². The number of nitrogen functional groups attached to an aromatic ring is 2. The minimum absolute atomic E-state index is 0.158. The summed E-state index contributed by atoms with van der Waals surface area (Å²) in [7, 11) is 1.36. The molecule has 2 rings (SSSR count). The monoisotopic (exact) mass is 332 g/mol. The first kappa shape index (κ1) is 19.2. The third-order valence-corrected chi connectivity index (χ3v) is 3.66. The molecule has 0 bridgehead atoms. The molecular formula is C18H24N2O4. The van der Waals surface area contributed by atoms with Crippen molar-refractivity contribution in [2.45, 2.75) is 26.7 Å². The fourth-order valence-electron chi connectivity index (χ4n) is 2.42. The van der Waals surface area contributed by atoms with Crippen LogP contribution in [0, 0.1) is 0 Å². The minimum Gasteiger partial charge on any atom is -0.504 e. The molecule has 2 aromatic rings. The Balaban J connectivity index is 0.000000240. The van der Waals surface area contributed by atoms with E-state index >= 15 is 0 Å². The first-order chi connectivity index (χ1) is 11.4. The van der Waals surface area contributed by atoms with E-state index in [2.05, 4.69) is 13.8 Å². The molecule has 0 radical (unpaired) electrons. The molecular weight excluding hydrogens is 308 g/mol. The summed E-state index contributed by atoms with van der Waals surface area (Å²) in [5.74, 6) is -1.35. The van der Waals surface area contributed by atoms with Crippen LogP contribution < -0.4 is 16.2 Å². The number of hydrogen-bond donors (Lipinski definition) is 4. The van der Waals surface area contributed by atoms with E-state index in [4.69, 9.17) is 21.3 Å². The summed E-state index contributed by atoms with van der Waals surface area (Å²) in [6.07, 6.45) is 1.92. The van der Waals surface area contributed by atoms with Crippen LogP contribution in [0.5, 0.6) is 11.5 Å². The molecule has 6 heteroatoms. The predicted octanol–water partition coefficient (Wildman–Crippen LogP) is 3.07. The quantitative estimate of drug-likeness (QED) is 0.639. The van der Waals surface area contributed by atoms with Gasteiger partial charge < -0.3 is 26.4 Å². The molecule has 0 saturated heterocycles. The average molecular weight is 332 g/mol. The third-order valence-electron chi connectivity index (χ3n) is 3.66. The number of phenols is 1. The summed E-state index contributed by atoms with van der Waals surface area (Å²) >= 11 is 0. The van der Waals surface area contributed by atoms with Crippen LogP contribution in [0.2, 0.25) is 0 Å². The average Bonchev–Trinajstić information content (AvgIpc) is 2.57. The number of carboxylic acid groups (broad SMARTS) is 1. The van der Waals surface area contributed by atoms with Crippen LogP contribution in [0.1, 0.15) is 35.3 Å². The molecule has 0 fully saturated rings. The number of aromatic carboxylic acids is 1. The molecule has 0 atom stereocenters. The second-order valence-electron chi connectivity index (χ2n) is 5.07. The first-order valence-corrected chi connectivity index (χ1v) is 7.62. The normalized spacial score (nSPS) is 9.79. The maximum Gasteiger partial charge on any atom is 0.339 e. The van der Waals surface area contributed by atoms with Gasteiger partial charge in [0.2, 0.25) is 0 Å². The molecule has 0 aliphatic carbocycles. The summed E-state index contributed by atoms with van der Waals surface area (Å²) in [5, 5.41) is 17.8. The van der Waals surface area contributed by atoms with Crippen molar-refractivity contribution in [3.05, 3.63) is 47.0 Å². The summed E-state index contributed by atoms with van der Waals surface area (Å²) in [4.78, 5) is 10.5. The Morgan fingerprint density at radius 2 is 1.54 bits per heavy atom. The highest BCUT2D eigenvalue weighted by atomic mass is 16.5. The SMILES string of the molecule is CCc1c(N)ccc(N)c1CC.COc1cccc(C(=O)O)c1O. The van der Waals surface area contributed by atoms with Gasteiger partial charge in [0.25, 0.3) is 0 Å². The van der Waals surface area contributed by atoms with Gasteiger partial charge in [-0.25, -0.2) is 4.79 Å². The van der Waals surface area contributed by atoms with Gasteiger partial charge in [-0.05, 0) is 48.2 Å². The van der Waals surface area contributed by atoms with Crippen molar-refractivity contribution < 1.29 is 19.7 Å². The summed E-state index contributed by atoms with van der Waals surface area (Å²) < 4.78 is 4.72. The van der Waals surface area contributed by atoms with Crippen molar-refractivity contribution in [3.8, 4) is 11.5 Å². The predicted molar refractivity (Wildman–Crippen MR) is 95.6 cm³/mol. The van der Waals surface area contributed by atoms with Crippen LogP contribution in [-0.2, 0) is 12.8 Å². The Morgan fingerprint density at radius 3 is 1.92 bits per heavy atom. The van der Waals surface area contributed by atoms with Gasteiger partial charge in [0.1, 0.15) is 5.56 Å². The van der Waals surface area contributed by atoms with Gasteiger partial charge in [-0.1, -0.05) is 19.9 Å². The van der Waals surface area contributed by atoms with Gasteiger partial charge in [0, 0.05) is 11.4 Å². The van der Waals surface area contributed by atoms with Crippen molar-refractivity contribution >= 4 is 17.3 Å². The highest BCUT2D eigenvalue weighted by Crippen LogP contribution is 2.29. The summed E-state index contributed by atoms with van der Waals surface area (Å²) in [6, 6.07) is 8.06. The molecule has 0 unspecified atom stereocenters. The number of nitrogens with two attached hydrogens (primary N) is 2. The molecule has 0 aliphatic heterocycles. The zero-order valence-electron chi connectivity index (χ0n) is 14.2. The van der Waals surface area contributed by atoms with Crippen LogP contribution in [0.25, 0.3) is 0 Å². The van der Waals surface area contributed by atoms with Crippen LogP contribution in [0.3, 0.4) is 0 Å². The molecule has 0 heterocycles. The largest absolute Gasteiger partial charge is 0.504 e. The van der Waals surface area contributed by atoms with Gasteiger partial charge in [0.05, 0.1) is 7.11 Å². The van der Waals surface area contributed by atoms with Crippen LogP contribution in [0.15, 0.2) is 30.3 Å². The van der Waals surface area contributed by atoms with Crippen LogP contribution in [-0.4, -0.2) is 23.3 Å². The van der Waals surface area contributed by atoms with Crippen molar-refractivity contribution in [3.63, 3.8) is 0 Å². The summed E-state index contributed by atoms with van der Waals surface area (Å²) in [6.45, 7) is 4.20. The minimum atomic E-state index is -1.17. The molecule has 24 heavy (non-hydrogen) atoms. The van der Waals surface area contributed by atoms with E-state index in [1.807, 2.05) is 12.1 Å². The van der Waals surface area contributed by atoms with Crippen molar-refractivity contribution in [2.24, 2.45) is 0 Å². The Hall–Kier alpha value is -2.89. The Morgan fingerprint density at radius 1 is 1.04 bits per heavy atom. The zero-order valence-corrected chi connectivity index (χ0v) is 14.2. The number of carbonyl (C=O) groups is 1. The Kier molecular flexibility index (Phi) is 6.92. The number of benzene rings is 2. The molecule has 0 spiro atoms. The summed E-state index contributed by atoms with van der Waals surface area (Å²) in [5.41, 5.74) is 15.6. The van der Waals surface area contributed by atoms with E-state index < -0.39 is 5.97 Å². The highest BCUT2D eigenvalue weighted by Gasteiger charge is 2.12. The van der Waals surface area contributed by atoms with Crippen molar-refractivity contribution in [1.29, 1.82) is 0 Å². The van der Waals surface area contributed by atoms with Crippen LogP contribution >= 0.6 is 0 Å². The third kappa shape index (κ3) is 4.32. The lowest BCUT2D eigenvalue weighted by atomic mass is 9.99. The number of anilines is 2. The number of ether oxygens (including phenoxy) is 1. The van der Waals surface area contributed by atoms with E-state index in [9.17, 15) is 9.90 Å². The Bertz CT molecular complexity index is 685. The van der Waals surface area contributed by atoms with Crippen molar-refractivity contribution in [1.82, 2.24) is 0 Å². The molecule has 6 nitrogen and oxygen atoms in total. The van der Waals surface area contributed by atoms with E-state index in [1.165, 1.54) is 36.4 Å². The number of para-hydroxylation sites is 1. The molecule has 0 amide bonds. The highest BCUT2D eigenvalue weighted by molar-refractivity contribution is 5.91. The van der Waals surface area contributed by atoms with Gasteiger partial charge in [-0.2, -0.15) is 0 Å². The van der Waals surface area contributed by atoms with Gasteiger partial charge in [-0.3, -0.25) is 0 Å². The number of methoxy groups -OCH3 is 1. The molecule has 0 saturated carbocycles. The lowest BCUT2D eigenvalue weighted by molar-refractivity contribution is 0.0693. The molecule has 0 aliphatic rings. The first-order valence-electron chi connectivity index (χ1n) is 7.62. The van der Waals surface area contributed by atoms with Gasteiger partial charge in [-0.15, -0.1) is 0 Å². The molecule has 2 aromatic carbocycles. The maximum absolute atomic E-state index is 10.5. The van der Waals surface area contributed by atoms with Gasteiger partial charge >= 0.3 is 5.97 Å². The van der Waals surface area contributed by atoms with Gasteiger partial charge in [0.15, 0.2) is 11.5 Å². The number of aromatic hydroxyl groups is 1. The van der Waals surface area contributed by atoms with E-state index in [0.29, 0.717) is 0 Å². The van der Waals surface area contributed by atoms with E-state index in [1.54, 1.807) is 0 Å². The molecule has 0 aromatic heterocycles. The number of rotatable bonds is 4. The second-order valence-corrected chi connectivity index (χ2v) is 5.07. The smallest absolute Gasteiger partial charge is 0.339 e. The van der Waals surface area contributed by atoms with E-state index in [0.717, 1.165) is 24.2 Å². The fraction of sp³-hybridized carbons (Fsp3) is 0.278. The number of carboxylic acids is 1. The number of hydrogen-bond acceptors (Lipinski definition) is 5. The van der Waals surface area contributed by atoms with Crippen molar-refractivity contribution in [2.75, 3.05) is 18.6 Å². The fourth-order valence-corrected chi connectivity index (χ4v) is 2.42. The Labute approximate surface area is 141 Å². The van der Waals surface area contributed by atoms with Crippen LogP contribution in [0.4, 0.5) is 11.4 Å². The molecule has 6 N–H and O–H groups in total. The lowest BCUT2D eigenvalue weighted by Gasteiger charge is -2.11. The zero-order chi connectivity index (χ0) is 18.3. The second kappa shape index (κ2) is 8.67. The maximum atomic E-state index is 10.5. The topological polar surface area (TPSA) is 119 Å². The standard InChI is InChI=1S/C10H16N2.C8H8O4/c1-3-7-8(4-2)10(12)6-5-9(7)11;1-12-6-4-2-3-5(7(6)9)8(10)11/h5-6H,3-4,11-12H2,1-2H3;2-4,9H,1H3,(H,10,11). The molecule has 130 valence electrons. The lowest BCUT2D eigenvalue weighted by Crippen LogP contribution is -2.02.